The molecule has 1 aromatic carbocycles. The summed E-state index contributed by atoms with van der Waals surface area (Å²) in [5, 5.41) is 2.64. The summed E-state index contributed by atoms with van der Waals surface area (Å²) in [6.07, 6.45) is -1.23. The van der Waals surface area contributed by atoms with Gasteiger partial charge in [0.05, 0.1) is 23.4 Å². The lowest BCUT2D eigenvalue weighted by Gasteiger charge is -2.19. The van der Waals surface area contributed by atoms with Gasteiger partial charge in [-0.05, 0) is 37.5 Å². The fourth-order valence-corrected chi connectivity index (χ4v) is 4.05. The van der Waals surface area contributed by atoms with Crippen LogP contribution in [0.3, 0.4) is 0 Å². The summed E-state index contributed by atoms with van der Waals surface area (Å²) in [5.74, 6) is -1.33. The third-order valence-electron chi connectivity index (χ3n) is 5.59. The smallest absolute Gasteiger partial charge is 0.350 e. The molecule has 3 rings (SSSR count). The molecule has 1 saturated carbocycles. The second-order valence-electron chi connectivity index (χ2n) is 7.49. The summed E-state index contributed by atoms with van der Waals surface area (Å²) in [6, 6.07) is 4.16. The predicted molar refractivity (Wildman–Crippen MR) is 94.8 cm³/mol. The van der Waals surface area contributed by atoms with Crippen molar-refractivity contribution >= 4 is 17.7 Å². The lowest BCUT2D eigenvalue weighted by atomic mass is 9.81. The first-order chi connectivity index (χ1) is 13.2. The maximum atomic E-state index is 12.8. The van der Waals surface area contributed by atoms with E-state index in [2.05, 4.69) is 5.32 Å². The number of amides is 3. The van der Waals surface area contributed by atoms with E-state index in [-0.39, 0.29) is 36.6 Å². The number of hydrogen-bond acceptors (Lipinski definition) is 3. The van der Waals surface area contributed by atoms with Crippen LogP contribution >= 0.6 is 0 Å². The predicted octanol–water partition coefficient (Wildman–Crippen LogP) is 3.45. The number of fused-ring (bicyclic) bond motifs is 1. The van der Waals surface area contributed by atoms with E-state index < -0.39 is 23.7 Å². The Morgan fingerprint density at radius 3 is 2.36 bits per heavy atom. The molecule has 0 bridgehead atoms. The monoisotopic (exact) mass is 396 g/mol. The molecule has 3 amide bonds. The normalized spacial score (nSPS) is 23.5. The first-order valence-electron chi connectivity index (χ1n) is 9.50. The van der Waals surface area contributed by atoms with E-state index in [1.807, 2.05) is 0 Å². The van der Waals surface area contributed by atoms with Gasteiger partial charge in [0, 0.05) is 13.0 Å². The number of rotatable bonds is 5. The minimum atomic E-state index is -4.45. The lowest BCUT2D eigenvalue weighted by molar-refractivity contribution is -0.140. The van der Waals surface area contributed by atoms with Gasteiger partial charge in [0.2, 0.25) is 17.7 Å². The van der Waals surface area contributed by atoms with Crippen molar-refractivity contribution in [2.45, 2.75) is 51.2 Å². The van der Waals surface area contributed by atoms with Crippen LogP contribution in [0.1, 0.15) is 56.2 Å². The molecular formula is C20H23F3N2O3. The highest BCUT2D eigenvalue weighted by Gasteiger charge is 2.47. The molecule has 5 nitrogen and oxygen atoms in total. The Balaban J connectivity index is 1.56. The van der Waals surface area contributed by atoms with Gasteiger partial charge in [-0.1, -0.05) is 25.0 Å². The number of carbonyl (C=O) groups is 3. The van der Waals surface area contributed by atoms with E-state index in [4.69, 9.17) is 0 Å². The van der Waals surface area contributed by atoms with Crippen molar-refractivity contribution in [2.24, 2.45) is 11.8 Å². The van der Waals surface area contributed by atoms with E-state index in [9.17, 15) is 27.6 Å². The lowest BCUT2D eigenvalue weighted by Crippen LogP contribution is -2.36. The molecule has 3 atom stereocenters. The van der Waals surface area contributed by atoms with E-state index in [1.54, 1.807) is 6.92 Å². The standard InChI is InChI=1S/C20H23F3N2O3/c1-12(13-5-4-6-14(11-13)20(21,22)23)24-17(26)9-10-25-18(27)15-7-2-3-8-16(15)19(25)28/h4-6,11-12,15-16H,2-3,7-10H2,1H3,(H,24,26). The summed E-state index contributed by atoms with van der Waals surface area (Å²) in [5.41, 5.74) is -0.440. The van der Waals surface area contributed by atoms with E-state index in [0.717, 1.165) is 25.0 Å². The van der Waals surface area contributed by atoms with Gasteiger partial charge in [0.25, 0.3) is 0 Å². The summed E-state index contributed by atoms with van der Waals surface area (Å²) in [4.78, 5) is 38.2. The third-order valence-corrected chi connectivity index (χ3v) is 5.59. The summed E-state index contributed by atoms with van der Waals surface area (Å²) in [7, 11) is 0. The summed E-state index contributed by atoms with van der Waals surface area (Å²) in [6.45, 7) is 1.60. The van der Waals surface area contributed by atoms with Crippen molar-refractivity contribution in [2.75, 3.05) is 6.54 Å². The van der Waals surface area contributed by atoms with Crippen molar-refractivity contribution < 1.29 is 27.6 Å². The molecule has 3 unspecified atom stereocenters. The van der Waals surface area contributed by atoms with Gasteiger partial charge in [0.15, 0.2) is 0 Å². The first kappa shape index (κ1) is 20.4. The minimum absolute atomic E-state index is 0.00576. The largest absolute Gasteiger partial charge is 0.416 e. The number of benzene rings is 1. The van der Waals surface area contributed by atoms with Crippen LogP contribution in [-0.4, -0.2) is 29.2 Å². The van der Waals surface area contributed by atoms with Crippen LogP contribution in [0.15, 0.2) is 24.3 Å². The molecule has 2 aliphatic rings. The average molecular weight is 396 g/mol. The van der Waals surface area contributed by atoms with Crippen molar-refractivity contribution in [1.29, 1.82) is 0 Å². The minimum Gasteiger partial charge on any atom is -0.350 e. The molecule has 1 N–H and O–H groups in total. The highest BCUT2D eigenvalue weighted by atomic mass is 19.4. The Morgan fingerprint density at radius 2 is 1.79 bits per heavy atom. The van der Waals surface area contributed by atoms with Gasteiger partial charge in [-0.2, -0.15) is 13.2 Å². The van der Waals surface area contributed by atoms with Crippen molar-refractivity contribution in [1.82, 2.24) is 10.2 Å². The van der Waals surface area contributed by atoms with Gasteiger partial charge < -0.3 is 5.32 Å². The van der Waals surface area contributed by atoms with E-state index >= 15 is 0 Å². The zero-order chi connectivity index (χ0) is 20.5. The highest BCUT2D eigenvalue weighted by molar-refractivity contribution is 6.05. The maximum Gasteiger partial charge on any atom is 0.416 e. The van der Waals surface area contributed by atoms with Crippen LogP contribution in [-0.2, 0) is 20.6 Å². The fraction of sp³-hybridized carbons (Fsp3) is 0.550. The Labute approximate surface area is 161 Å². The Morgan fingerprint density at radius 1 is 1.18 bits per heavy atom. The topological polar surface area (TPSA) is 66.5 Å². The molecule has 1 saturated heterocycles. The van der Waals surface area contributed by atoms with Crippen LogP contribution in [0.4, 0.5) is 13.2 Å². The molecule has 1 aliphatic heterocycles. The number of halogens is 3. The Hall–Kier alpha value is -2.38. The number of alkyl halides is 3. The fourth-order valence-electron chi connectivity index (χ4n) is 4.05. The van der Waals surface area contributed by atoms with Crippen LogP contribution in [0.5, 0.6) is 0 Å². The summed E-state index contributed by atoms with van der Waals surface area (Å²) < 4.78 is 38.5. The molecule has 1 heterocycles. The molecule has 152 valence electrons. The summed E-state index contributed by atoms with van der Waals surface area (Å²) >= 11 is 0. The van der Waals surface area contributed by atoms with Gasteiger partial charge in [-0.3, -0.25) is 19.3 Å². The Kier molecular flexibility index (Phi) is 5.76. The number of imide groups is 1. The number of nitrogens with one attached hydrogen (secondary N) is 1. The number of carbonyl (C=O) groups excluding carboxylic acids is 3. The molecular weight excluding hydrogens is 373 g/mol. The molecule has 0 spiro atoms. The molecule has 28 heavy (non-hydrogen) atoms. The quantitative estimate of drug-likeness (QED) is 0.776. The number of likely N-dealkylation sites (tertiary alicyclic amines) is 1. The van der Waals surface area contributed by atoms with Crippen LogP contribution < -0.4 is 5.32 Å². The van der Waals surface area contributed by atoms with Gasteiger partial charge in [-0.15, -0.1) is 0 Å². The first-order valence-corrected chi connectivity index (χ1v) is 9.50. The van der Waals surface area contributed by atoms with Crippen LogP contribution in [0, 0.1) is 11.8 Å². The van der Waals surface area contributed by atoms with E-state index in [1.165, 1.54) is 17.0 Å². The van der Waals surface area contributed by atoms with Gasteiger partial charge >= 0.3 is 6.18 Å². The van der Waals surface area contributed by atoms with Gasteiger partial charge in [-0.25, -0.2) is 0 Å². The highest BCUT2D eigenvalue weighted by Crippen LogP contribution is 2.38. The molecule has 1 aromatic rings. The molecule has 8 heteroatoms. The van der Waals surface area contributed by atoms with Gasteiger partial charge in [0.1, 0.15) is 0 Å². The van der Waals surface area contributed by atoms with Crippen molar-refractivity contribution in [3.63, 3.8) is 0 Å². The average Bonchev–Trinajstić information content (AvgIpc) is 2.90. The third kappa shape index (κ3) is 4.20. The second-order valence-corrected chi connectivity index (χ2v) is 7.49. The maximum absolute atomic E-state index is 12.8. The van der Waals surface area contributed by atoms with E-state index in [0.29, 0.717) is 18.4 Å². The zero-order valence-electron chi connectivity index (χ0n) is 15.6. The SMILES string of the molecule is CC(NC(=O)CCN1C(=O)C2CCCCC2C1=O)c1cccc(C(F)(F)F)c1. The van der Waals surface area contributed by atoms with Crippen LogP contribution in [0.25, 0.3) is 0 Å². The molecule has 2 fully saturated rings. The molecule has 0 radical (unpaired) electrons. The number of nitrogens with zero attached hydrogens (tertiary/aromatic N) is 1. The molecule has 1 aliphatic carbocycles. The van der Waals surface area contributed by atoms with Crippen molar-refractivity contribution in [3.8, 4) is 0 Å². The Bertz CT molecular complexity index is 754. The molecule has 0 aromatic heterocycles. The second kappa shape index (κ2) is 7.93. The number of hydrogen-bond donors (Lipinski definition) is 1. The van der Waals surface area contributed by atoms with Crippen molar-refractivity contribution in [3.05, 3.63) is 35.4 Å². The van der Waals surface area contributed by atoms with Crippen LogP contribution in [0.2, 0.25) is 0 Å². The zero-order valence-corrected chi connectivity index (χ0v) is 15.6.